The van der Waals surface area contributed by atoms with Crippen LogP contribution in [0.15, 0.2) is 73.1 Å². The van der Waals surface area contributed by atoms with Gasteiger partial charge in [0.05, 0.1) is 5.52 Å². The van der Waals surface area contributed by atoms with Crippen LogP contribution in [-0.4, -0.2) is 26.5 Å². The Hall–Kier alpha value is -4.34. The van der Waals surface area contributed by atoms with Crippen molar-refractivity contribution in [3.05, 3.63) is 73.1 Å². The summed E-state index contributed by atoms with van der Waals surface area (Å²) in [5, 5.41) is 11.9. The molecule has 0 fully saturated rings. The van der Waals surface area contributed by atoms with Crippen molar-refractivity contribution in [3.63, 3.8) is 0 Å². The number of anilines is 2. The predicted molar refractivity (Wildman–Crippen MR) is 112 cm³/mol. The predicted octanol–water partition coefficient (Wildman–Crippen LogP) is 5.94. The van der Waals surface area contributed by atoms with Gasteiger partial charge in [0.25, 0.3) is 0 Å². The summed E-state index contributed by atoms with van der Waals surface area (Å²) in [7, 11) is 0. The fourth-order valence-corrected chi connectivity index (χ4v) is 3.23. The highest BCUT2D eigenvalue weighted by atomic mass is 19.4. The Labute approximate surface area is 178 Å². The van der Waals surface area contributed by atoms with Crippen molar-refractivity contribution in [2.75, 3.05) is 5.32 Å². The van der Waals surface area contributed by atoms with Gasteiger partial charge >= 0.3 is 6.36 Å². The first-order chi connectivity index (χ1) is 15.4. The second kappa shape index (κ2) is 7.73. The molecule has 2 aromatic carbocycles. The van der Waals surface area contributed by atoms with Gasteiger partial charge in [-0.25, -0.2) is 4.98 Å². The number of ether oxygens (including phenoxy) is 2. The lowest BCUT2D eigenvalue weighted by molar-refractivity contribution is -0.274. The smallest absolute Gasteiger partial charge is 0.438 e. The summed E-state index contributed by atoms with van der Waals surface area (Å²) in [6.07, 6.45) is -1.54. The molecule has 0 saturated heterocycles. The Balaban J connectivity index is 1.42. The molecule has 0 amide bonds. The molecule has 0 saturated carbocycles. The molecule has 0 aliphatic heterocycles. The van der Waals surface area contributed by atoms with Gasteiger partial charge in [-0.2, -0.15) is 5.10 Å². The highest BCUT2D eigenvalue weighted by Crippen LogP contribution is 2.33. The van der Waals surface area contributed by atoms with Crippen molar-refractivity contribution >= 4 is 33.3 Å². The Morgan fingerprint density at radius 3 is 2.62 bits per heavy atom. The number of halogens is 3. The van der Waals surface area contributed by atoms with E-state index in [9.17, 15) is 13.2 Å². The number of fused-ring (bicyclic) bond motifs is 2. The zero-order valence-corrected chi connectivity index (χ0v) is 16.2. The first-order valence-corrected chi connectivity index (χ1v) is 9.43. The Kier molecular flexibility index (Phi) is 4.74. The maximum absolute atomic E-state index is 12.5. The summed E-state index contributed by atoms with van der Waals surface area (Å²) in [4.78, 5) is 8.54. The van der Waals surface area contributed by atoms with Gasteiger partial charge < -0.3 is 14.8 Å². The molecule has 0 atom stereocenters. The number of benzene rings is 2. The van der Waals surface area contributed by atoms with E-state index in [0.717, 1.165) is 22.7 Å². The second-order valence-corrected chi connectivity index (χ2v) is 6.77. The average Bonchev–Trinajstić information content (AvgIpc) is 3.16. The molecule has 5 rings (SSSR count). The van der Waals surface area contributed by atoms with Crippen LogP contribution in [0.25, 0.3) is 21.8 Å². The Morgan fingerprint density at radius 1 is 0.875 bits per heavy atom. The van der Waals surface area contributed by atoms with Crippen molar-refractivity contribution in [2.45, 2.75) is 6.36 Å². The van der Waals surface area contributed by atoms with Crippen molar-refractivity contribution in [1.82, 2.24) is 20.2 Å². The van der Waals surface area contributed by atoms with Crippen LogP contribution < -0.4 is 14.8 Å². The van der Waals surface area contributed by atoms with Crippen LogP contribution in [0.1, 0.15) is 0 Å². The first kappa shape index (κ1) is 19.6. The lowest BCUT2D eigenvalue weighted by Gasteiger charge is -2.12. The van der Waals surface area contributed by atoms with Crippen LogP contribution in [0.3, 0.4) is 0 Å². The number of H-pyrrole nitrogens is 1. The number of aromatic nitrogens is 4. The standard InChI is InChI=1S/C22H14F3N5O2/c23-22(24,25)32-16-4-1-3-15(12-16)31-21-17-7-6-14(11-13(17)8-10-27-21)28-20-19-18(29-30-20)5-2-9-26-19/h1-12H,(H2,28,29,30). The molecule has 5 aromatic rings. The molecule has 32 heavy (non-hydrogen) atoms. The van der Waals surface area contributed by atoms with Gasteiger partial charge in [-0.3, -0.25) is 10.1 Å². The fraction of sp³-hybridized carbons (Fsp3) is 0.0455. The monoisotopic (exact) mass is 437 g/mol. The molecule has 0 aliphatic rings. The van der Waals surface area contributed by atoms with E-state index in [1.165, 1.54) is 18.2 Å². The van der Waals surface area contributed by atoms with Crippen LogP contribution in [0, 0.1) is 0 Å². The summed E-state index contributed by atoms with van der Waals surface area (Å²) >= 11 is 0. The number of alkyl halides is 3. The quantitative estimate of drug-likeness (QED) is 0.354. The van der Waals surface area contributed by atoms with Crippen LogP contribution in [0.2, 0.25) is 0 Å². The lowest BCUT2D eigenvalue weighted by Crippen LogP contribution is -2.17. The van der Waals surface area contributed by atoms with Gasteiger partial charge in [0.15, 0.2) is 5.82 Å². The third-order valence-electron chi connectivity index (χ3n) is 4.56. The van der Waals surface area contributed by atoms with Gasteiger partial charge in [-0.1, -0.05) is 6.07 Å². The van der Waals surface area contributed by atoms with Gasteiger partial charge in [0.2, 0.25) is 5.88 Å². The molecular formula is C22H14F3N5O2. The second-order valence-electron chi connectivity index (χ2n) is 6.77. The van der Waals surface area contributed by atoms with Crippen LogP contribution >= 0.6 is 0 Å². The molecule has 10 heteroatoms. The largest absolute Gasteiger partial charge is 0.573 e. The van der Waals surface area contributed by atoms with Crippen molar-refractivity contribution < 1.29 is 22.6 Å². The number of hydrogen-bond donors (Lipinski definition) is 2. The lowest BCUT2D eigenvalue weighted by atomic mass is 10.1. The molecule has 0 spiro atoms. The Bertz CT molecular complexity index is 1420. The van der Waals surface area contributed by atoms with Gasteiger partial charge in [0, 0.05) is 29.5 Å². The summed E-state index contributed by atoms with van der Waals surface area (Å²) in [6, 6.07) is 16.3. The van der Waals surface area contributed by atoms with Crippen molar-refractivity contribution in [1.29, 1.82) is 0 Å². The number of aromatic amines is 1. The number of nitrogens with zero attached hydrogens (tertiary/aromatic N) is 3. The molecule has 3 aromatic heterocycles. The Morgan fingerprint density at radius 2 is 1.75 bits per heavy atom. The van der Waals surface area contributed by atoms with E-state index in [0.29, 0.717) is 16.7 Å². The van der Waals surface area contributed by atoms with E-state index in [-0.39, 0.29) is 17.4 Å². The SMILES string of the molecule is FC(F)(F)Oc1cccc(Oc2nccc3cc(Nc4n[nH]c5cccnc45)ccc23)c1. The fourth-order valence-electron chi connectivity index (χ4n) is 3.23. The first-order valence-electron chi connectivity index (χ1n) is 9.43. The molecule has 3 heterocycles. The van der Waals surface area contributed by atoms with Crippen LogP contribution in [0.4, 0.5) is 24.7 Å². The number of nitrogens with one attached hydrogen (secondary N) is 2. The molecule has 0 bridgehead atoms. The zero-order valence-electron chi connectivity index (χ0n) is 16.2. The normalized spacial score (nSPS) is 11.6. The van der Waals surface area contributed by atoms with E-state index >= 15 is 0 Å². The van der Waals surface area contributed by atoms with Gasteiger partial charge in [-0.05, 0) is 53.9 Å². The highest BCUT2D eigenvalue weighted by Gasteiger charge is 2.31. The highest BCUT2D eigenvalue weighted by molar-refractivity contribution is 5.92. The average molecular weight is 437 g/mol. The minimum absolute atomic E-state index is 0.169. The van der Waals surface area contributed by atoms with E-state index < -0.39 is 6.36 Å². The van der Waals surface area contributed by atoms with Crippen LogP contribution in [0.5, 0.6) is 17.4 Å². The summed E-state index contributed by atoms with van der Waals surface area (Å²) < 4.78 is 47.1. The minimum atomic E-state index is -4.78. The molecule has 0 unspecified atom stereocenters. The van der Waals surface area contributed by atoms with Gasteiger partial charge in [0.1, 0.15) is 17.0 Å². The zero-order chi connectivity index (χ0) is 22.1. The molecule has 0 radical (unpaired) electrons. The maximum Gasteiger partial charge on any atom is 0.573 e. The number of hydrogen-bond acceptors (Lipinski definition) is 6. The molecule has 0 aliphatic carbocycles. The third-order valence-corrected chi connectivity index (χ3v) is 4.56. The molecule has 7 nitrogen and oxygen atoms in total. The van der Waals surface area contributed by atoms with Crippen molar-refractivity contribution in [3.8, 4) is 17.4 Å². The summed E-state index contributed by atoms with van der Waals surface area (Å²) in [5.74, 6) is 0.640. The minimum Gasteiger partial charge on any atom is -0.438 e. The topological polar surface area (TPSA) is 85.0 Å². The van der Waals surface area contributed by atoms with E-state index in [1.54, 1.807) is 24.5 Å². The van der Waals surface area contributed by atoms with E-state index in [4.69, 9.17) is 4.74 Å². The molecule has 160 valence electrons. The summed E-state index contributed by atoms with van der Waals surface area (Å²) in [6.45, 7) is 0. The maximum atomic E-state index is 12.5. The third kappa shape index (κ3) is 4.10. The molecule has 2 N–H and O–H groups in total. The van der Waals surface area contributed by atoms with E-state index in [2.05, 4.69) is 30.2 Å². The van der Waals surface area contributed by atoms with Crippen molar-refractivity contribution in [2.24, 2.45) is 0 Å². The summed E-state index contributed by atoms with van der Waals surface area (Å²) in [5.41, 5.74) is 2.30. The number of pyridine rings is 2. The molecular weight excluding hydrogens is 423 g/mol. The van der Waals surface area contributed by atoms with E-state index in [1.807, 2.05) is 24.3 Å². The van der Waals surface area contributed by atoms with Crippen LogP contribution in [-0.2, 0) is 0 Å². The number of rotatable bonds is 5. The van der Waals surface area contributed by atoms with Gasteiger partial charge in [-0.15, -0.1) is 13.2 Å².